The van der Waals surface area contributed by atoms with Crippen LogP contribution in [0.2, 0.25) is 0 Å². The van der Waals surface area contributed by atoms with Crippen LogP contribution in [-0.2, 0) is 0 Å². The maximum atomic E-state index is 9.22. The van der Waals surface area contributed by atoms with Crippen molar-refractivity contribution in [2.45, 2.75) is 33.2 Å². The van der Waals surface area contributed by atoms with Gasteiger partial charge in [-0.25, -0.2) is 0 Å². The predicted octanol–water partition coefficient (Wildman–Crippen LogP) is 0.483. The van der Waals surface area contributed by atoms with Crippen LogP contribution in [0.5, 0.6) is 0 Å². The standard InChI is InChI=1S/C11H22N6O/c1-5-17(6-2)10-14-8(12)13-9(15-10)16-11(3,4)7-18/h18H,5-7H2,1-4H3,(H3,12,13,14,15,16). The van der Waals surface area contributed by atoms with Crippen molar-refractivity contribution in [1.82, 2.24) is 15.0 Å². The van der Waals surface area contributed by atoms with Crippen LogP contribution in [0.1, 0.15) is 27.7 Å². The Labute approximate surface area is 107 Å². The lowest BCUT2D eigenvalue weighted by Crippen LogP contribution is -2.36. The number of hydrogen-bond acceptors (Lipinski definition) is 7. The number of aromatic nitrogens is 3. The normalized spacial score (nSPS) is 11.4. The molecule has 0 aromatic carbocycles. The van der Waals surface area contributed by atoms with Gasteiger partial charge in [-0.05, 0) is 27.7 Å². The fourth-order valence-electron chi connectivity index (χ4n) is 1.43. The second-order valence-electron chi connectivity index (χ2n) is 4.66. The van der Waals surface area contributed by atoms with E-state index in [1.54, 1.807) is 0 Å². The van der Waals surface area contributed by atoms with Crippen molar-refractivity contribution in [3.63, 3.8) is 0 Å². The quantitative estimate of drug-likeness (QED) is 0.679. The highest BCUT2D eigenvalue weighted by atomic mass is 16.3. The highest BCUT2D eigenvalue weighted by molar-refractivity contribution is 5.42. The molecule has 0 spiro atoms. The second kappa shape index (κ2) is 5.81. The van der Waals surface area contributed by atoms with Gasteiger partial charge >= 0.3 is 0 Å². The van der Waals surface area contributed by atoms with Gasteiger partial charge in [-0.1, -0.05) is 0 Å². The minimum absolute atomic E-state index is 0.0286. The van der Waals surface area contributed by atoms with E-state index in [4.69, 9.17) is 5.73 Å². The summed E-state index contributed by atoms with van der Waals surface area (Å²) in [6.07, 6.45) is 0. The van der Waals surface area contributed by atoms with Crippen molar-refractivity contribution in [3.8, 4) is 0 Å². The number of anilines is 3. The molecule has 1 aromatic heterocycles. The van der Waals surface area contributed by atoms with Gasteiger partial charge in [-0.3, -0.25) is 0 Å². The summed E-state index contributed by atoms with van der Waals surface area (Å²) in [5.41, 5.74) is 5.17. The summed E-state index contributed by atoms with van der Waals surface area (Å²) in [5, 5.41) is 12.3. The number of aliphatic hydroxyl groups is 1. The summed E-state index contributed by atoms with van der Waals surface area (Å²) in [6.45, 7) is 9.31. The van der Waals surface area contributed by atoms with Crippen molar-refractivity contribution in [2.24, 2.45) is 0 Å². The summed E-state index contributed by atoms with van der Waals surface area (Å²) in [4.78, 5) is 14.4. The third kappa shape index (κ3) is 3.69. The Balaban J connectivity index is 3.00. The van der Waals surface area contributed by atoms with Crippen LogP contribution in [0.3, 0.4) is 0 Å². The first-order valence-electron chi connectivity index (χ1n) is 6.07. The summed E-state index contributed by atoms with van der Waals surface area (Å²) in [6, 6.07) is 0. The summed E-state index contributed by atoms with van der Waals surface area (Å²) < 4.78 is 0. The molecule has 0 fully saturated rings. The van der Waals surface area contributed by atoms with Gasteiger partial charge in [0.05, 0.1) is 12.1 Å². The maximum Gasteiger partial charge on any atom is 0.231 e. The lowest BCUT2D eigenvalue weighted by molar-refractivity contribution is 0.233. The molecule has 1 heterocycles. The van der Waals surface area contributed by atoms with Gasteiger partial charge in [0.2, 0.25) is 17.8 Å². The van der Waals surface area contributed by atoms with Crippen LogP contribution in [-0.4, -0.2) is 45.3 Å². The lowest BCUT2D eigenvalue weighted by atomic mass is 10.1. The van der Waals surface area contributed by atoms with Gasteiger partial charge in [0, 0.05) is 13.1 Å². The van der Waals surface area contributed by atoms with E-state index in [9.17, 15) is 5.11 Å². The highest BCUT2D eigenvalue weighted by Crippen LogP contribution is 2.15. The van der Waals surface area contributed by atoms with Crippen LogP contribution < -0.4 is 16.0 Å². The molecule has 0 unspecified atom stereocenters. The topological polar surface area (TPSA) is 100 Å². The minimum atomic E-state index is -0.506. The van der Waals surface area contributed by atoms with Gasteiger partial charge in [-0.2, -0.15) is 15.0 Å². The van der Waals surface area contributed by atoms with Gasteiger partial charge in [0.1, 0.15) is 0 Å². The summed E-state index contributed by atoms with van der Waals surface area (Å²) >= 11 is 0. The number of nitrogens with two attached hydrogens (primary N) is 1. The molecule has 0 atom stereocenters. The molecule has 0 saturated carbocycles. The van der Waals surface area contributed by atoms with E-state index in [0.717, 1.165) is 13.1 Å². The zero-order valence-electron chi connectivity index (χ0n) is 11.4. The molecule has 1 rings (SSSR count). The van der Waals surface area contributed by atoms with Crippen molar-refractivity contribution in [2.75, 3.05) is 35.6 Å². The Kier molecular flexibility index (Phi) is 4.66. The maximum absolute atomic E-state index is 9.22. The zero-order valence-corrected chi connectivity index (χ0v) is 11.4. The van der Waals surface area contributed by atoms with E-state index in [2.05, 4.69) is 20.3 Å². The van der Waals surface area contributed by atoms with Crippen LogP contribution >= 0.6 is 0 Å². The van der Waals surface area contributed by atoms with Gasteiger partial charge < -0.3 is 21.1 Å². The zero-order chi connectivity index (χ0) is 13.8. The molecule has 0 radical (unpaired) electrons. The van der Waals surface area contributed by atoms with Crippen molar-refractivity contribution >= 4 is 17.8 Å². The van der Waals surface area contributed by atoms with E-state index < -0.39 is 5.54 Å². The first-order chi connectivity index (χ1) is 8.41. The molecule has 4 N–H and O–H groups in total. The molecular weight excluding hydrogens is 232 g/mol. The highest BCUT2D eigenvalue weighted by Gasteiger charge is 2.19. The molecule has 0 aliphatic heterocycles. The van der Waals surface area contributed by atoms with Crippen LogP contribution in [0.25, 0.3) is 0 Å². The smallest absolute Gasteiger partial charge is 0.231 e. The van der Waals surface area contributed by atoms with E-state index in [1.807, 2.05) is 32.6 Å². The second-order valence-corrected chi connectivity index (χ2v) is 4.66. The molecule has 18 heavy (non-hydrogen) atoms. The predicted molar refractivity (Wildman–Crippen MR) is 72.6 cm³/mol. The van der Waals surface area contributed by atoms with E-state index in [1.165, 1.54) is 0 Å². The summed E-state index contributed by atoms with van der Waals surface area (Å²) in [5.74, 6) is 1.09. The molecule has 0 bridgehead atoms. The molecule has 7 heteroatoms. The minimum Gasteiger partial charge on any atom is -0.394 e. The average Bonchev–Trinajstić information content (AvgIpc) is 2.29. The molecule has 102 valence electrons. The Morgan fingerprint density at radius 1 is 1.22 bits per heavy atom. The first-order valence-corrected chi connectivity index (χ1v) is 6.07. The first kappa shape index (κ1) is 14.4. The average molecular weight is 254 g/mol. The molecule has 0 amide bonds. The van der Waals surface area contributed by atoms with E-state index >= 15 is 0 Å². The Morgan fingerprint density at radius 3 is 2.33 bits per heavy atom. The SMILES string of the molecule is CCN(CC)c1nc(N)nc(NC(C)(C)CO)n1. The van der Waals surface area contributed by atoms with Gasteiger partial charge in [0.25, 0.3) is 0 Å². The number of hydrogen-bond donors (Lipinski definition) is 3. The molecule has 7 nitrogen and oxygen atoms in total. The number of nitrogens with one attached hydrogen (secondary N) is 1. The monoisotopic (exact) mass is 254 g/mol. The fraction of sp³-hybridized carbons (Fsp3) is 0.727. The molecule has 0 saturated heterocycles. The molecule has 0 aliphatic rings. The number of nitrogen functional groups attached to an aromatic ring is 1. The van der Waals surface area contributed by atoms with Crippen LogP contribution in [0.15, 0.2) is 0 Å². The van der Waals surface area contributed by atoms with Crippen LogP contribution in [0, 0.1) is 0 Å². The number of nitrogens with zero attached hydrogens (tertiary/aromatic N) is 4. The summed E-state index contributed by atoms with van der Waals surface area (Å²) in [7, 11) is 0. The number of rotatable bonds is 6. The number of aliphatic hydroxyl groups excluding tert-OH is 1. The lowest BCUT2D eigenvalue weighted by Gasteiger charge is -2.24. The Bertz CT molecular complexity index is 391. The van der Waals surface area contributed by atoms with E-state index in [-0.39, 0.29) is 12.6 Å². The Morgan fingerprint density at radius 2 is 1.83 bits per heavy atom. The molecule has 0 aliphatic carbocycles. The van der Waals surface area contributed by atoms with Crippen LogP contribution in [0.4, 0.5) is 17.8 Å². The van der Waals surface area contributed by atoms with Gasteiger partial charge in [0.15, 0.2) is 0 Å². The largest absolute Gasteiger partial charge is 0.394 e. The van der Waals surface area contributed by atoms with Crippen molar-refractivity contribution in [1.29, 1.82) is 0 Å². The van der Waals surface area contributed by atoms with E-state index in [0.29, 0.717) is 11.9 Å². The third-order valence-electron chi connectivity index (χ3n) is 2.53. The Hall–Kier alpha value is -1.63. The van der Waals surface area contributed by atoms with Gasteiger partial charge in [-0.15, -0.1) is 0 Å². The van der Waals surface area contributed by atoms with Crippen molar-refractivity contribution in [3.05, 3.63) is 0 Å². The molecular formula is C11H22N6O. The molecule has 1 aromatic rings. The third-order valence-corrected chi connectivity index (χ3v) is 2.53. The van der Waals surface area contributed by atoms with Crippen molar-refractivity contribution < 1.29 is 5.11 Å². The fourth-order valence-corrected chi connectivity index (χ4v) is 1.43.